The molecule has 0 saturated carbocycles. The van der Waals surface area contributed by atoms with Crippen LogP contribution in [0.3, 0.4) is 0 Å². The van der Waals surface area contributed by atoms with E-state index in [1.807, 2.05) is 6.92 Å². The smallest absolute Gasteiger partial charge is 0.275 e. The fourth-order valence-corrected chi connectivity index (χ4v) is 6.75. The van der Waals surface area contributed by atoms with Crippen molar-refractivity contribution in [1.29, 1.82) is 0 Å². The summed E-state index contributed by atoms with van der Waals surface area (Å²) < 4.78 is 81.5. The highest BCUT2D eigenvalue weighted by molar-refractivity contribution is 7.90. The topological polar surface area (TPSA) is 107 Å². The zero-order chi connectivity index (χ0) is 29.7. The number of fused-ring (bicyclic) bond motifs is 1. The molecule has 0 radical (unpaired) electrons. The predicted molar refractivity (Wildman–Crippen MR) is 155 cm³/mol. The summed E-state index contributed by atoms with van der Waals surface area (Å²) in [6.07, 6.45) is 3.88. The summed E-state index contributed by atoms with van der Waals surface area (Å²) >= 11 is 0. The van der Waals surface area contributed by atoms with Crippen molar-refractivity contribution in [1.82, 2.24) is 8.54 Å². The Balaban J connectivity index is 1.76. The van der Waals surface area contributed by atoms with E-state index in [0.29, 0.717) is 22.4 Å². The Morgan fingerprint density at radius 2 is 1.54 bits per heavy atom. The number of pyridine rings is 1. The van der Waals surface area contributed by atoms with Gasteiger partial charge < -0.3 is 9.88 Å². The Morgan fingerprint density at radius 1 is 0.854 bits per heavy atom. The van der Waals surface area contributed by atoms with Crippen LogP contribution in [0, 0.1) is 18.6 Å². The van der Waals surface area contributed by atoms with Crippen molar-refractivity contribution in [3.05, 3.63) is 112 Å². The summed E-state index contributed by atoms with van der Waals surface area (Å²) in [5.41, 5.74) is 1.65. The second kappa shape index (κ2) is 10.3. The van der Waals surface area contributed by atoms with Gasteiger partial charge in [-0.05, 0) is 55.0 Å². The SMILES string of the molecule is Cc1ccc(S(=O)(=O)n2ccc3c(-c4cc(CS(C)(=O)=O)ccc4Nc4ccc(F)cc4F)cn(C)c(=O)c32)cc1. The van der Waals surface area contributed by atoms with Gasteiger partial charge in [-0.25, -0.2) is 29.6 Å². The molecule has 8 nitrogen and oxygen atoms in total. The molecule has 0 bridgehead atoms. The van der Waals surface area contributed by atoms with Gasteiger partial charge in [-0.3, -0.25) is 4.79 Å². The molecule has 5 rings (SSSR count). The first kappa shape index (κ1) is 28.2. The van der Waals surface area contributed by atoms with Gasteiger partial charge >= 0.3 is 0 Å². The summed E-state index contributed by atoms with van der Waals surface area (Å²) in [6.45, 7) is 1.82. The van der Waals surface area contributed by atoms with E-state index in [1.54, 1.807) is 30.3 Å². The van der Waals surface area contributed by atoms with E-state index < -0.39 is 37.1 Å². The molecule has 1 N–H and O–H groups in total. The van der Waals surface area contributed by atoms with Crippen LogP contribution >= 0.6 is 0 Å². The molecule has 0 fully saturated rings. The first-order chi connectivity index (χ1) is 19.2. The Bertz CT molecular complexity index is 2100. The van der Waals surface area contributed by atoms with Crippen LogP contribution in [0.15, 0.2) is 88.8 Å². The first-order valence-electron chi connectivity index (χ1n) is 12.3. The van der Waals surface area contributed by atoms with Crippen LogP contribution in [0.4, 0.5) is 20.2 Å². The fraction of sp³-hybridized carbons (Fsp3) is 0.138. The van der Waals surface area contributed by atoms with E-state index in [1.165, 1.54) is 48.3 Å². The Kier molecular flexibility index (Phi) is 7.08. The lowest BCUT2D eigenvalue weighted by Crippen LogP contribution is -2.22. The average molecular weight is 598 g/mol. The molecular formula is C29H25F2N3O5S2. The molecule has 0 atom stereocenters. The van der Waals surface area contributed by atoms with Crippen molar-refractivity contribution in [3.8, 4) is 11.1 Å². The van der Waals surface area contributed by atoms with Gasteiger partial charge in [0.15, 0.2) is 9.84 Å². The number of nitrogens with one attached hydrogen (secondary N) is 1. The largest absolute Gasteiger partial charge is 0.353 e. The van der Waals surface area contributed by atoms with Gasteiger partial charge in [0.1, 0.15) is 17.2 Å². The number of anilines is 2. The quantitative estimate of drug-likeness (QED) is 0.279. The number of hydrogen-bond donors (Lipinski definition) is 1. The fourth-order valence-electron chi connectivity index (χ4n) is 4.62. The molecule has 0 spiro atoms. The lowest BCUT2D eigenvalue weighted by atomic mass is 9.99. The van der Waals surface area contributed by atoms with Crippen molar-refractivity contribution in [3.63, 3.8) is 0 Å². The van der Waals surface area contributed by atoms with Crippen molar-refractivity contribution in [2.24, 2.45) is 7.05 Å². The van der Waals surface area contributed by atoms with Crippen LogP contribution in [-0.2, 0) is 32.7 Å². The third kappa shape index (κ3) is 5.52. The maximum absolute atomic E-state index is 14.6. The minimum absolute atomic E-state index is 0.00246. The molecule has 3 aromatic carbocycles. The number of aryl methyl sites for hydroxylation is 2. The molecule has 0 aliphatic heterocycles. The summed E-state index contributed by atoms with van der Waals surface area (Å²) in [4.78, 5) is 13.3. The van der Waals surface area contributed by atoms with Crippen LogP contribution in [0.5, 0.6) is 0 Å². The number of rotatable bonds is 7. The Morgan fingerprint density at radius 3 is 2.20 bits per heavy atom. The monoisotopic (exact) mass is 597 g/mol. The summed E-state index contributed by atoms with van der Waals surface area (Å²) in [5, 5.41) is 3.20. The summed E-state index contributed by atoms with van der Waals surface area (Å²) in [6, 6.07) is 15.4. The van der Waals surface area contributed by atoms with Crippen LogP contribution in [0.2, 0.25) is 0 Å². The van der Waals surface area contributed by atoms with E-state index in [-0.39, 0.29) is 27.2 Å². The van der Waals surface area contributed by atoms with Crippen LogP contribution in [0.1, 0.15) is 11.1 Å². The Labute approximate surface area is 235 Å². The van der Waals surface area contributed by atoms with E-state index in [9.17, 15) is 30.4 Å². The highest BCUT2D eigenvalue weighted by Crippen LogP contribution is 2.37. The highest BCUT2D eigenvalue weighted by Gasteiger charge is 2.24. The number of aromatic nitrogens is 2. The van der Waals surface area contributed by atoms with Gasteiger partial charge in [0.25, 0.3) is 15.6 Å². The number of sulfone groups is 1. The van der Waals surface area contributed by atoms with Gasteiger partial charge in [0.2, 0.25) is 0 Å². The summed E-state index contributed by atoms with van der Waals surface area (Å²) in [7, 11) is -6.11. The minimum Gasteiger partial charge on any atom is -0.353 e. The molecule has 212 valence electrons. The molecule has 2 aromatic heterocycles. The van der Waals surface area contributed by atoms with Crippen molar-refractivity contribution < 1.29 is 25.6 Å². The normalized spacial score (nSPS) is 12.1. The predicted octanol–water partition coefficient (Wildman–Crippen LogP) is 5.12. The number of halogens is 2. The number of benzene rings is 3. The molecule has 0 aliphatic rings. The molecule has 0 unspecified atom stereocenters. The molecular weight excluding hydrogens is 572 g/mol. The minimum atomic E-state index is -4.15. The average Bonchev–Trinajstić information content (AvgIpc) is 3.35. The third-order valence-electron chi connectivity index (χ3n) is 6.57. The van der Waals surface area contributed by atoms with Crippen LogP contribution < -0.4 is 10.9 Å². The molecule has 12 heteroatoms. The lowest BCUT2D eigenvalue weighted by molar-refractivity contribution is 0.585. The lowest BCUT2D eigenvalue weighted by Gasteiger charge is -2.17. The first-order valence-corrected chi connectivity index (χ1v) is 15.8. The van der Waals surface area contributed by atoms with E-state index in [4.69, 9.17) is 0 Å². The standard InChI is InChI=1S/C29H25F2N3O5S2/c1-18-4-8-21(9-5-18)41(38,39)34-13-12-22-24(16-33(2)29(35)28(22)34)23-14-19(17-40(3,36)37)6-10-26(23)32-27-11-7-20(30)15-25(27)31/h4-16,32H,17H2,1-3H3. The maximum atomic E-state index is 14.6. The van der Waals surface area contributed by atoms with Crippen molar-refractivity contribution >= 4 is 42.1 Å². The van der Waals surface area contributed by atoms with Gasteiger partial charge in [-0.2, -0.15) is 0 Å². The second-order valence-corrected chi connectivity index (χ2v) is 13.8. The summed E-state index contributed by atoms with van der Waals surface area (Å²) in [5.74, 6) is -1.90. The van der Waals surface area contributed by atoms with Crippen LogP contribution in [0.25, 0.3) is 22.0 Å². The van der Waals surface area contributed by atoms with E-state index >= 15 is 0 Å². The van der Waals surface area contributed by atoms with Crippen LogP contribution in [-0.4, -0.2) is 31.6 Å². The molecule has 2 heterocycles. The molecule has 0 aliphatic carbocycles. The zero-order valence-corrected chi connectivity index (χ0v) is 23.9. The van der Waals surface area contributed by atoms with Gasteiger partial charge in [0, 0.05) is 54.0 Å². The van der Waals surface area contributed by atoms with E-state index in [0.717, 1.165) is 27.9 Å². The van der Waals surface area contributed by atoms with Crippen molar-refractivity contribution in [2.45, 2.75) is 17.6 Å². The second-order valence-electron chi connectivity index (χ2n) is 9.85. The maximum Gasteiger partial charge on any atom is 0.275 e. The number of nitrogens with zero attached hydrogens (tertiary/aromatic N) is 2. The molecule has 41 heavy (non-hydrogen) atoms. The van der Waals surface area contributed by atoms with Gasteiger partial charge in [-0.15, -0.1) is 0 Å². The van der Waals surface area contributed by atoms with Gasteiger partial charge in [0.05, 0.1) is 16.3 Å². The zero-order valence-electron chi connectivity index (χ0n) is 22.2. The highest BCUT2D eigenvalue weighted by atomic mass is 32.2. The molecule has 5 aromatic rings. The van der Waals surface area contributed by atoms with Crippen molar-refractivity contribution in [2.75, 3.05) is 11.6 Å². The third-order valence-corrected chi connectivity index (χ3v) is 9.12. The van der Waals surface area contributed by atoms with E-state index in [2.05, 4.69) is 5.32 Å². The molecule has 0 amide bonds. The molecule has 0 saturated heterocycles. The number of hydrogen-bond acceptors (Lipinski definition) is 6. The Hall–Kier alpha value is -4.29. The van der Waals surface area contributed by atoms with Gasteiger partial charge in [-0.1, -0.05) is 23.8 Å².